The summed E-state index contributed by atoms with van der Waals surface area (Å²) < 4.78 is 0. The Morgan fingerprint density at radius 3 is 2.10 bits per heavy atom. The second kappa shape index (κ2) is 10.4. The molecule has 0 N–H and O–H groups in total. The Bertz CT molecular complexity index is 753. The summed E-state index contributed by atoms with van der Waals surface area (Å²) >= 11 is 0. The highest BCUT2D eigenvalue weighted by Gasteiger charge is 2.32. The number of carbonyl (C=O) groups is 2. The van der Waals surface area contributed by atoms with Crippen LogP contribution in [0.1, 0.15) is 37.8 Å². The third kappa shape index (κ3) is 5.31. The molecule has 1 aromatic rings. The van der Waals surface area contributed by atoms with E-state index in [9.17, 15) is 9.59 Å². The number of piperidine rings is 1. The number of piperazine rings is 1. The van der Waals surface area contributed by atoms with Crippen LogP contribution in [0.2, 0.25) is 0 Å². The first kappa shape index (κ1) is 22.1. The molecule has 2 saturated heterocycles. The molecule has 0 unspecified atom stereocenters. The second-order valence-corrected chi connectivity index (χ2v) is 8.13. The molecule has 0 spiro atoms. The minimum atomic E-state index is 0.0378. The van der Waals surface area contributed by atoms with Crippen LogP contribution >= 0.6 is 0 Å². The molecule has 2 aliphatic rings. The third-order valence-corrected chi connectivity index (χ3v) is 6.32. The summed E-state index contributed by atoms with van der Waals surface area (Å²) in [6.45, 7) is 10.9. The van der Waals surface area contributed by atoms with Gasteiger partial charge in [0.2, 0.25) is 5.91 Å². The van der Waals surface area contributed by atoms with E-state index in [-0.39, 0.29) is 17.9 Å². The van der Waals surface area contributed by atoms with Gasteiger partial charge in [-0.15, -0.1) is 0 Å². The zero-order chi connectivity index (χ0) is 21.5. The average Bonchev–Trinajstić information content (AvgIpc) is 2.80. The molecule has 7 nitrogen and oxygen atoms in total. The maximum Gasteiger partial charge on any atom is 0.319 e. The SMILES string of the molecule is CCN(CC)C(=O)N1CCC(C(=O)N2CCN(Cc3ccc(C#N)cc3)CC2)CC1. The van der Waals surface area contributed by atoms with Crippen molar-refractivity contribution in [3.63, 3.8) is 0 Å². The summed E-state index contributed by atoms with van der Waals surface area (Å²) in [6, 6.07) is 9.96. The van der Waals surface area contributed by atoms with Crippen molar-refractivity contribution < 1.29 is 9.59 Å². The number of nitrogens with zero attached hydrogens (tertiary/aromatic N) is 5. The van der Waals surface area contributed by atoms with Gasteiger partial charge in [-0.05, 0) is 44.4 Å². The minimum Gasteiger partial charge on any atom is -0.340 e. The molecule has 0 radical (unpaired) electrons. The molecular weight excluding hydrogens is 378 g/mol. The van der Waals surface area contributed by atoms with Crippen molar-refractivity contribution in [1.29, 1.82) is 5.26 Å². The van der Waals surface area contributed by atoms with Gasteiger partial charge in [0.15, 0.2) is 0 Å². The topological polar surface area (TPSA) is 70.9 Å². The molecule has 3 rings (SSSR count). The van der Waals surface area contributed by atoms with Crippen molar-refractivity contribution in [2.45, 2.75) is 33.2 Å². The fourth-order valence-electron chi connectivity index (χ4n) is 4.34. The molecular formula is C23H33N5O2. The van der Waals surface area contributed by atoms with E-state index in [0.29, 0.717) is 18.7 Å². The molecule has 7 heteroatoms. The van der Waals surface area contributed by atoms with Crippen LogP contribution in [0.4, 0.5) is 4.79 Å². The van der Waals surface area contributed by atoms with Crippen molar-refractivity contribution in [1.82, 2.24) is 19.6 Å². The van der Waals surface area contributed by atoms with Crippen molar-refractivity contribution in [3.8, 4) is 6.07 Å². The largest absolute Gasteiger partial charge is 0.340 e. The van der Waals surface area contributed by atoms with Crippen LogP contribution in [-0.2, 0) is 11.3 Å². The highest BCUT2D eigenvalue weighted by atomic mass is 16.2. The van der Waals surface area contributed by atoms with Gasteiger partial charge in [0.05, 0.1) is 11.6 Å². The van der Waals surface area contributed by atoms with Crippen molar-refractivity contribution in [2.75, 3.05) is 52.4 Å². The van der Waals surface area contributed by atoms with Gasteiger partial charge in [-0.3, -0.25) is 9.69 Å². The van der Waals surface area contributed by atoms with E-state index in [1.165, 1.54) is 5.56 Å². The molecule has 0 bridgehead atoms. The smallest absolute Gasteiger partial charge is 0.319 e. The van der Waals surface area contributed by atoms with E-state index >= 15 is 0 Å². The first-order valence-electron chi connectivity index (χ1n) is 11.1. The molecule has 2 heterocycles. The molecule has 0 atom stereocenters. The molecule has 0 aromatic heterocycles. The van der Waals surface area contributed by atoms with E-state index in [1.54, 1.807) is 0 Å². The van der Waals surface area contributed by atoms with Crippen molar-refractivity contribution in [3.05, 3.63) is 35.4 Å². The number of hydrogen-bond donors (Lipinski definition) is 0. The Hall–Kier alpha value is -2.59. The standard InChI is InChI=1S/C23H33N5O2/c1-3-26(4-2)23(30)28-11-9-21(10-12-28)22(29)27-15-13-25(14-16-27)18-20-7-5-19(17-24)6-8-20/h5-8,21H,3-4,9-16,18H2,1-2H3. The number of nitriles is 1. The lowest BCUT2D eigenvalue weighted by Gasteiger charge is -2.39. The van der Waals surface area contributed by atoms with Gasteiger partial charge in [0.25, 0.3) is 0 Å². The number of urea groups is 1. The number of hydrogen-bond acceptors (Lipinski definition) is 4. The molecule has 3 amide bonds. The molecule has 2 fully saturated rings. The first-order chi connectivity index (χ1) is 14.5. The predicted octanol–water partition coefficient (Wildman–Crippen LogP) is 2.38. The van der Waals surface area contributed by atoms with Crippen LogP contribution in [-0.4, -0.2) is 83.9 Å². The second-order valence-electron chi connectivity index (χ2n) is 8.13. The first-order valence-corrected chi connectivity index (χ1v) is 11.1. The number of rotatable bonds is 5. The fourth-order valence-corrected chi connectivity index (χ4v) is 4.34. The summed E-state index contributed by atoms with van der Waals surface area (Å²) in [7, 11) is 0. The number of likely N-dealkylation sites (tertiary alicyclic amines) is 1. The third-order valence-electron chi connectivity index (χ3n) is 6.32. The summed E-state index contributed by atoms with van der Waals surface area (Å²) in [5, 5.41) is 8.91. The van der Waals surface area contributed by atoms with Gasteiger partial charge in [0.1, 0.15) is 0 Å². The van der Waals surface area contributed by atoms with Crippen molar-refractivity contribution >= 4 is 11.9 Å². The Morgan fingerprint density at radius 2 is 1.57 bits per heavy atom. The molecule has 0 aliphatic carbocycles. The van der Waals surface area contributed by atoms with E-state index in [2.05, 4.69) is 11.0 Å². The van der Waals surface area contributed by atoms with E-state index < -0.39 is 0 Å². The Kier molecular flexibility index (Phi) is 7.69. The Labute approximate surface area is 179 Å². The average molecular weight is 412 g/mol. The summed E-state index contributed by atoms with van der Waals surface area (Å²) in [5.74, 6) is 0.291. The van der Waals surface area contributed by atoms with Gasteiger partial charge >= 0.3 is 6.03 Å². The molecule has 162 valence electrons. The lowest BCUT2D eigenvalue weighted by molar-refractivity contribution is -0.138. The van der Waals surface area contributed by atoms with Crippen LogP contribution in [0.25, 0.3) is 0 Å². The normalized spacial score (nSPS) is 18.2. The van der Waals surface area contributed by atoms with Gasteiger partial charge in [0, 0.05) is 64.8 Å². The predicted molar refractivity (Wildman–Crippen MR) is 116 cm³/mol. The maximum atomic E-state index is 13.0. The minimum absolute atomic E-state index is 0.0378. The highest BCUT2D eigenvalue weighted by molar-refractivity contribution is 5.80. The molecule has 30 heavy (non-hydrogen) atoms. The molecule has 0 saturated carbocycles. The number of amides is 3. The summed E-state index contributed by atoms with van der Waals surface area (Å²) in [5.41, 5.74) is 1.87. The lowest BCUT2D eigenvalue weighted by Crippen LogP contribution is -2.52. The van der Waals surface area contributed by atoms with Gasteiger partial charge in [-0.25, -0.2) is 4.79 Å². The van der Waals surface area contributed by atoms with E-state index in [1.807, 2.05) is 52.8 Å². The van der Waals surface area contributed by atoms with E-state index in [4.69, 9.17) is 5.26 Å². The Balaban J connectivity index is 1.43. The molecule has 2 aliphatic heterocycles. The fraction of sp³-hybridized carbons (Fsp3) is 0.609. The van der Waals surface area contributed by atoms with Gasteiger partial charge in [-0.1, -0.05) is 12.1 Å². The van der Waals surface area contributed by atoms with Crippen LogP contribution < -0.4 is 0 Å². The van der Waals surface area contributed by atoms with E-state index in [0.717, 1.165) is 58.7 Å². The van der Waals surface area contributed by atoms with Gasteiger partial charge in [-0.2, -0.15) is 5.26 Å². The monoisotopic (exact) mass is 411 g/mol. The zero-order valence-electron chi connectivity index (χ0n) is 18.2. The lowest BCUT2D eigenvalue weighted by atomic mass is 9.95. The highest BCUT2D eigenvalue weighted by Crippen LogP contribution is 2.22. The van der Waals surface area contributed by atoms with Crippen LogP contribution in [0, 0.1) is 17.2 Å². The quantitative estimate of drug-likeness (QED) is 0.746. The van der Waals surface area contributed by atoms with Gasteiger partial charge < -0.3 is 14.7 Å². The van der Waals surface area contributed by atoms with Crippen molar-refractivity contribution in [2.24, 2.45) is 5.92 Å². The van der Waals surface area contributed by atoms with Crippen LogP contribution in [0.3, 0.4) is 0 Å². The summed E-state index contributed by atoms with van der Waals surface area (Å²) in [4.78, 5) is 33.6. The summed E-state index contributed by atoms with van der Waals surface area (Å²) in [6.07, 6.45) is 1.52. The zero-order valence-corrected chi connectivity index (χ0v) is 18.2. The molecule has 1 aromatic carbocycles. The maximum absolute atomic E-state index is 13.0. The number of carbonyl (C=O) groups excluding carboxylic acids is 2. The van der Waals surface area contributed by atoms with Crippen LogP contribution in [0.5, 0.6) is 0 Å². The number of benzene rings is 1. The van der Waals surface area contributed by atoms with Crippen LogP contribution in [0.15, 0.2) is 24.3 Å². The Morgan fingerprint density at radius 1 is 0.967 bits per heavy atom.